The van der Waals surface area contributed by atoms with E-state index in [9.17, 15) is 8.42 Å². The molecule has 108 valence electrons. The van der Waals surface area contributed by atoms with Crippen LogP contribution in [0, 0.1) is 20.8 Å². The molecule has 6 nitrogen and oxygen atoms in total. The van der Waals surface area contributed by atoms with Gasteiger partial charge in [-0.25, -0.2) is 8.42 Å². The van der Waals surface area contributed by atoms with E-state index in [0.717, 1.165) is 11.3 Å². The average Bonchev–Trinajstić information content (AvgIpc) is 2.59. The molecule has 0 saturated heterocycles. The molecule has 0 aliphatic heterocycles. The van der Waals surface area contributed by atoms with Gasteiger partial charge in [0, 0.05) is 12.7 Å². The van der Waals surface area contributed by atoms with Crippen molar-refractivity contribution in [1.29, 1.82) is 0 Å². The lowest BCUT2D eigenvalue weighted by Crippen LogP contribution is -2.14. The van der Waals surface area contributed by atoms with Crippen LogP contribution in [0.5, 0.6) is 0 Å². The Kier molecular flexibility index (Phi) is 3.47. The molecule has 3 N–H and O–H groups in total. The third-order valence-electron chi connectivity index (χ3n) is 3.30. The Morgan fingerprint density at radius 3 is 2.40 bits per heavy atom. The quantitative estimate of drug-likeness (QED) is 0.844. The lowest BCUT2D eigenvalue weighted by atomic mass is 10.2. The number of sulfonamides is 1. The summed E-state index contributed by atoms with van der Waals surface area (Å²) in [6.45, 7) is 5.35. The van der Waals surface area contributed by atoms with Gasteiger partial charge >= 0.3 is 0 Å². The van der Waals surface area contributed by atoms with Crippen LogP contribution in [-0.4, -0.2) is 18.2 Å². The van der Waals surface area contributed by atoms with Gasteiger partial charge in [-0.2, -0.15) is 5.10 Å². The first-order valence-corrected chi connectivity index (χ1v) is 7.60. The number of rotatable bonds is 3. The van der Waals surface area contributed by atoms with E-state index in [-0.39, 0.29) is 4.90 Å². The van der Waals surface area contributed by atoms with Crippen LogP contribution in [0.3, 0.4) is 0 Å². The topological polar surface area (TPSA) is 90.0 Å². The zero-order valence-corrected chi connectivity index (χ0v) is 12.7. The smallest absolute Gasteiger partial charge is 0.262 e. The number of nitrogens with zero attached hydrogens (tertiary/aromatic N) is 2. The Labute approximate surface area is 118 Å². The van der Waals surface area contributed by atoms with E-state index < -0.39 is 10.0 Å². The van der Waals surface area contributed by atoms with Crippen molar-refractivity contribution in [1.82, 2.24) is 9.78 Å². The van der Waals surface area contributed by atoms with E-state index in [4.69, 9.17) is 5.73 Å². The van der Waals surface area contributed by atoms with Crippen LogP contribution in [0.25, 0.3) is 0 Å². The Bertz CT molecular complexity index is 763. The largest absolute Gasteiger partial charge is 0.399 e. The van der Waals surface area contributed by atoms with Crippen LogP contribution >= 0.6 is 0 Å². The van der Waals surface area contributed by atoms with Crippen molar-refractivity contribution in [2.45, 2.75) is 25.7 Å². The van der Waals surface area contributed by atoms with Crippen LogP contribution < -0.4 is 10.5 Å². The summed E-state index contributed by atoms with van der Waals surface area (Å²) < 4.78 is 29.0. The molecule has 0 radical (unpaired) electrons. The Hall–Kier alpha value is -2.02. The minimum Gasteiger partial charge on any atom is -0.399 e. The van der Waals surface area contributed by atoms with E-state index in [1.807, 2.05) is 6.92 Å². The molecule has 20 heavy (non-hydrogen) atoms. The Morgan fingerprint density at radius 1 is 1.25 bits per heavy atom. The Balaban J connectivity index is 2.43. The SMILES string of the molecule is Cc1cc(S(=O)(=O)Nc2c(C)nn(C)c2C)ccc1N. The zero-order chi connectivity index (χ0) is 15.1. The van der Waals surface area contributed by atoms with Crippen LogP contribution in [-0.2, 0) is 17.1 Å². The van der Waals surface area contributed by atoms with Gasteiger partial charge in [0.15, 0.2) is 0 Å². The molecule has 0 amide bonds. The summed E-state index contributed by atoms with van der Waals surface area (Å²) in [5, 5.41) is 4.19. The number of hydrogen-bond donors (Lipinski definition) is 2. The fourth-order valence-corrected chi connectivity index (χ4v) is 3.19. The molecule has 1 aromatic heterocycles. The predicted octanol–water partition coefficient (Wildman–Crippen LogP) is 1.73. The molecule has 0 aliphatic carbocycles. The third kappa shape index (κ3) is 2.49. The lowest BCUT2D eigenvalue weighted by molar-refractivity contribution is 0.601. The van der Waals surface area contributed by atoms with Gasteiger partial charge in [-0.3, -0.25) is 9.40 Å². The number of nitrogens with two attached hydrogens (primary N) is 1. The first-order valence-electron chi connectivity index (χ1n) is 6.11. The van der Waals surface area contributed by atoms with Crippen molar-refractivity contribution in [2.24, 2.45) is 7.05 Å². The van der Waals surface area contributed by atoms with Gasteiger partial charge in [0.25, 0.3) is 10.0 Å². The second-order valence-corrected chi connectivity index (χ2v) is 6.48. The van der Waals surface area contributed by atoms with Gasteiger partial charge < -0.3 is 5.73 Å². The minimum atomic E-state index is -3.64. The van der Waals surface area contributed by atoms with Gasteiger partial charge in [0.2, 0.25) is 0 Å². The maximum atomic E-state index is 12.4. The van der Waals surface area contributed by atoms with Gasteiger partial charge in [0.05, 0.1) is 22.0 Å². The number of hydrogen-bond acceptors (Lipinski definition) is 4. The summed E-state index contributed by atoms with van der Waals surface area (Å²) in [5.41, 5.74) is 8.92. The minimum absolute atomic E-state index is 0.187. The molecule has 7 heteroatoms. The van der Waals surface area contributed by atoms with Gasteiger partial charge in [-0.15, -0.1) is 0 Å². The summed E-state index contributed by atoms with van der Waals surface area (Å²) in [6, 6.07) is 4.64. The van der Waals surface area contributed by atoms with Crippen molar-refractivity contribution in [3.63, 3.8) is 0 Å². The van der Waals surface area contributed by atoms with Crippen molar-refractivity contribution in [3.05, 3.63) is 35.2 Å². The van der Waals surface area contributed by atoms with Crippen molar-refractivity contribution >= 4 is 21.4 Å². The van der Waals surface area contributed by atoms with Gasteiger partial charge in [-0.1, -0.05) is 0 Å². The number of nitrogens with one attached hydrogen (secondary N) is 1. The number of anilines is 2. The number of nitrogen functional groups attached to an aromatic ring is 1. The summed E-state index contributed by atoms with van der Waals surface area (Å²) in [7, 11) is -1.87. The highest BCUT2D eigenvalue weighted by molar-refractivity contribution is 7.92. The first-order chi connectivity index (χ1) is 9.22. The second kappa shape index (κ2) is 4.82. The van der Waals surface area contributed by atoms with E-state index in [2.05, 4.69) is 9.82 Å². The van der Waals surface area contributed by atoms with E-state index in [1.54, 1.807) is 37.7 Å². The van der Waals surface area contributed by atoms with Gasteiger partial charge in [-0.05, 0) is 44.5 Å². The monoisotopic (exact) mass is 294 g/mol. The number of benzene rings is 1. The highest BCUT2D eigenvalue weighted by Crippen LogP contribution is 2.24. The molecular formula is C13H18N4O2S. The molecule has 0 unspecified atom stereocenters. The maximum Gasteiger partial charge on any atom is 0.262 e. The molecule has 2 aromatic rings. The molecule has 1 aromatic carbocycles. The van der Waals surface area contributed by atoms with E-state index in [1.165, 1.54) is 6.07 Å². The predicted molar refractivity (Wildman–Crippen MR) is 79.1 cm³/mol. The molecule has 0 fully saturated rings. The van der Waals surface area contributed by atoms with E-state index in [0.29, 0.717) is 17.1 Å². The maximum absolute atomic E-state index is 12.4. The van der Waals surface area contributed by atoms with Crippen LogP contribution in [0.2, 0.25) is 0 Å². The van der Waals surface area contributed by atoms with Crippen LogP contribution in [0.4, 0.5) is 11.4 Å². The molecular weight excluding hydrogens is 276 g/mol. The lowest BCUT2D eigenvalue weighted by Gasteiger charge is -2.10. The molecule has 0 saturated carbocycles. The first kappa shape index (κ1) is 14.4. The fourth-order valence-electron chi connectivity index (χ4n) is 1.93. The highest BCUT2D eigenvalue weighted by Gasteiger charge is 2.19. The van der Waals surface area contributed by atoms with Crippen molar-refractivity contribution < 1.29 is 8.42 Å². The Morgan fingerprint density at radius 2 is 1.90 bits per heavy atom. The molecule has 2 rings (SSSR count). The molecule has 0 aliphatic rings. The standard InChI is InChI=1S/C13H18N4O2S/c1-8-7-11(5-6-12(8)14)20(18,19)16-13-9(2)15-17(4)10(13)3/h5-7,16H,14H2,1-4H3. The summed E-state index contributed by atoms with van der Waals surface area (Å²) in [5.74, 6) is 0. The summed E-state index contributed by atoms with van der Waals surface area (Å²) in [6.07, 6.45) is 0. The van der Waals surface area contributed by atoms with Gasteiger partial charge in [0.1, 0.15) is 0 Å². The molecule has 1 heterocycles. The van der Waals surface area contributed by atoms with E-state index >= 15 is 0 Å². The zero-order valence-electron chi connectivity index (χ0n) is 11.9. The summed E-state index contributed by atoms with van der Waals surface area (Å²) >= 11 is 0. The van der Waals surface area contributed by atoms with Crippen LogP contribution in [0.1, 0.15) is 17.0 Å². The average molecular weight is 294 g/mol. The molecule has 0 bridgehead atoms. The fraction of sp³-hybridized carbons (Fsp3) is 0.308. The second-order valence-electron chi connectivity index (χ2n) is 4.79. The molecule has 0 spiro atoms. The van der Waals surface area contributed by atoms with Crippen molar-refractivity contribution in [3.8, 4) is 0 Å². The number of aryl methyl sites for hydroxylation is 3. The van der Waals surface area contributed by atoms with Crippen molar-refractivity contribution in [2.75, 3.05) is 10.5 Å². The molecule has 0 atom stereocenters. The third-order valence-corrected chi connectivity index (χ3v) is 4.64. The normalized spacial score (nSPS) is 11.6. The van der Waals surface area contributed by atoms with Crippen LogP contribution in [0.15, 0.2) is 23.1 Å². The number of aromatic nitrogens is 2. The highest BCUT2D eigenvalue weighted by atomic mass is 32.2. The summed E-state index contributed by atoms with van der Waals surface area (Å²) in [4.78, 5) is 0.187.